The van der Waals surface area contributed by atoms with Crippen molar-refractivity contribution >= 4 is 23.6 Å². The highest BCUT2D eigenvalue weighted by Crippen LogP contribution is 2.33. The Balaban J connectivity index is 1.29. The van der Waals surface area contributed by atoms with E-state index in [2.05, 4.69) is 35.9 Å². The molecule has 1 saturated carbocycles. The second-order valence-electron chi connectivity index (χ2n) is 13.2. The van der Waals surface area contributed by atoms with Crippen molar-refractivity contribution in [3.05, 3.63) is 60.3 Å². The molecule has 0 unspecified atom stereocenters. The Labute approximate surface area is 290 Å². The maximum Gasteiger partial charge on any atom is 0.407 e. The lowest BCUT2D eigenvalue weighted by Crippen LogP contribution is -2.50. The van der Waals surface area contributed by atoms with Gasteiger partial charge in [-0.1, -0.05) is 24.3 Å². The molecule has 50 heavy (non-hydrogen) atoms. The van der Waals surface area contributed by atoms with E-state index in [4.69, 9.17) is 19.9 Å². The first-order valence-electron chi connectivity index (χ1n) is 16.4. The highest BCUT2D eigenvalue weighted by molar-refractivity contribution is 6.17. The number of alkyl carbamates (subject to hydrolysis) is 1. The third-order valence-corrected chi connectivity index (χ3v) is 8.45. The molecule has 2 heterocycles. The predicted molar refractivity (Wildman–Crippen MR) is 184 cm³/mol. The lowest BCUT2D eigenvalue weighted by molar-refractivity contribution is -0.130. The van der Waals surface area contributed by atoms with Gasteiger partial charge in [0.15, 0.2) is 0 Å². The van der Waals surface area contributed by atoms with Crippen LogP contribution >= 0.6 is 0 Å². The monoisotopic (exact) mass is 685 g/mol. The maximum atomic E-state index is 14.1. The SMILES string of the molecule is COc1ncc(-c2ccc(C[C@H](N)C(=O)N(C(=O)C3CCC(CNC(=O)OC(C)(C)C)CC3)c3ccc(-c4nn[nH]n4)cc3)cc2)c(OC)n1. The number of nitrogens with zero attached hydrogens (tertiary/aromatic N) is 6. The van der Waals surface area contributed by atoms with E-state index in [9.17, 15) is 14.4 Å². The number of aromatic amines is 1. The standard InChI is InChI=1S/C35H43N9O6/c1-35(2,3)50-34(47)38-19-22-8-12-25(13-9-22)31(45)44(26-16-14-24(15-17-26)29-40-42-43-41-29)32(46)28(36)18-21-6-10-23(11-7-21)27-20-37-33(49-5)39-30(27)48-4/h6-7,10-11,14-17,20,22,25,28H,8-9,12-13,18-19,36H2,1-5H3,(H,38,47)(H,40,41,42,43)/t22?,25?,28-/m0/s1. The smallest absolute Gasteiger partial charge is 0.407 e. The minimum atomic E-state index is -1.00. The molecular formula is C35H43N9O6. The van der Waals surface area contributed by atoms with E-state index in [0.717, 1.165) is 11.1 Å². The summed E-state index contributed by atoms with van der Waals surface area (Å²) >= 11 is 0. The molecule has 1 atom stereocenters. The van der Waals surface area contributed by atoms with Gasteiger partial charge in [0.05, 0.1) is 31.5 Å². The number of anilines is 1. The Morgan fingerprint density at radius 1 is 0.980 bits per heavy atom. The Hall–Kier alpha value is -5.44. The number of imide groups is 1. The molecular weight excluding hydrogens is 642 g/mol. The van der Waals surface area contributed by atoms with Crippen LogP contribution in [0, 0.1) is 11.8 Å². The molecule has 1 aliphatic carbocycles. The molecule has 3 amide bonds. The van der Waals surface area contributed by atoms with Gasteiger partial charge < -0.3 is 25.3 Å². The molecule has 4 N–H and O–H groups in total. The normalized spacial score (nSPS) is 16.6. The molecule has 0 radical (unpaired) electrons. The van der Waals surface area contributed by atoms with Crippen LogP contribution in [0.5, 0.6) is 11.9 Å². The number of ether oxygens (including phenoxy) is 3. The average Bonchev–Trinajstić information content (AvgIpc) is 3.66. The van der Waals surface area contributed by atoms with Crippen molar-refractivity contribution in [2.24, 2.45) is 17.6 Å². The summed E-state index contributed by atoms with van der Waals surface area (Å²) in [5.74, 6) is -0.257. The lowest BCUT2D eigenvalue weighted by atomic mass is 9.81. The molecule has 2 aromatic heterocycles. The number of rotatable bonds is 11. The number of benzene rings is 2. The van der Waals surface area contributed by atoms with Crippen molar-refractivity contribution in [3.63, 3.8) is 0 Å². The van der Waals surface area contributed by atoms with Gasteiger partial charge in [-0.3, -0.25) is 9.59 Å². The first kappa shape index (κ1) is 35.9. The molecule has 5 rings (SSSR count). The number of tetrazole rings is 1. The van der Waals surface area contributed by atoms with Gasteiger partial charge in [0, 0.05) is 24.2 Å². The number of nitrogens with one attached hydrogen (secondary N) is 2. The minimum Gasteiger partial charge on any atom is -0.480 e. The maximum absolute atomic E-state index is 14.1. The largest absolute Gasteiger partial charge is 0.480 e. The van der Waals surface area contributed by atoms with Crippen LogP contribution in [0.25, 0.3) is 22.5 Å². The molecule has 0 spiro atoms. The Morgan fingerprint density at radius 2 is 1.66 bits per heavy atom. The Morgan fingerprint density at radius 3 is 2.26 bits per heavy atom. The molecule has 4 aromatic rings. The van der Waals surface area contributed by atoms with E-state index in [0.29, 0.717) is 60.7 Å². The summed E-state index contributed by atoms with van der Waals surface area (Å²) in [5.41, 5.74) is 9.32. The second kappa shape index (κ2) is 15.8. The van der Waals surface area contributed by atoms with Crippen LogP contribution in [0.3, 0.4) is 0 Å². The highest BCUT2D eigenvalue weighted by atomic mass is 16.6. The molecule has 0 bridgehead atoms. The molecule has 15 heteroatoms. The van der Waals surface area contributed by atoms with Gasteiger partial charge in [0.1, 0.15) is 5.60 Å². The Bertz CT molecular complexity index is 1750. The number of hydrogen-bond acceptors (Lipinski definition) is 12. The van der Waals surface area contributed by atoms with Gasteiger partial charge in [-0.2, -0.15) is 10.2 Å². The molecule has 0 saturated heterocycles. The van der Waals surface area contributed by atoms with Gasteiger partial charge in [0.2, 0.25) is 17.6 Å². The first-order chi connectivity index (χ1) is 24.0. The molecule has 15 nitrogen and oxygen atoms in total. The fourth-order valence-corrected chi connectivity index (χ4v) is 5.88. The zero-order chi connectivity index (χ0) is 35.8. The number of hydrogen-bond donors (Lipinski definition) is 3. The van der Waals surface area contributed by atoms with E-state index in [1.807, 2.05) is 45.0 Å². The summed E-state index contributed by atoms with van der Waals surface area (Å²) < 4.78 is 15.9. The molecule has 264 valence electrons. The zero-order valence-corrected chi connectivity index (χ0v) is 28.9. The Kier molecular flexibility index (Phi) is 11.4. The lowest BCUT2D eigenvalue weighted by Gasteiger charge is -2.32. The van der Waals surface area contributed by atoms with E-state index >= 15 is 0 Å². The quantitative estimate of drug-likeness (QED) is 0.204. The average molecular weight is 686 g/mol. The van der Waals surface area contributed by atoms with Crippen molar-refractivity contribution in [1.82, 2.24) is 35.9 Å². The van der Waals surface area contributed by atoms with Crippen molar-refractivity contribution in [2.45, 2.75) is 64.5 Å². The van der Waals surface area contributed by atoms with Crippen molar-refractivity contribution in [1.29, 1.82) is 0 Å². The van der Waals surface area contributed by atoms with E-state index in [1.54, 1.807) is 30.5 Å². The van der Waals surface area contributed by atoms with E-state index < -0.39 is 23.6 Å². The first-order valence-corrected chi connectivity index (χ1v) is 16.4. The van der Waals surface area contributed by atoms with Crippen LogP contribution in [0.15, 0.2) is 54.7 Å². The summed E-state index contributed by atoms with van der Waals surface area (Å²) in [6, 6.07) is 13.5. The number of carbonyl (C=O) groups is 3. The summed E-state index contributed by atoms with van der Waals surface area (Å²) in [6.45, 7) is 5.90. The van der Waals surface area contributed by atoms with Gasteiger partial charge in [0.25, 0.3) is 5.91 Å². The number of carbonyl (C=O) groups excluding carboxylic acids is 3. The summed E-state index contributed by atoms with van der Waals surface area (Å²) in [5, 5.41) is 16.9. The van der Waals surface area contributed by atoms with Crippen molar-refractivity contribution in [2.75, 3.05) is 25.7 Å². The third-order valence-electron chi connectivity index (χ3n) is 8.45. The minimum absolute atomic E-state index is 0.193. The summed E-state index contributed by atoms with van der Waals surface area (Å²) in [7, 11) is 3.00. The highest BCUT2D eigenvalue weighted by Gasteiger charge is 2.35. The van der Waals surface area contributed by atoms with Crippen molar-refractivity contribution < 1.29 is 28.6 Å². The summed E-state index contributed by atoms with van der Waals surface area (Å²) in [6.07, 6.45) is 3.92. The van der Waals surface area contributed by atoms with Crippen molar-refractivity contribution in [3.8, 4) is 34.4 Å². The molecule has 1 aliphatic rings. The predicted octanol–water partition coefficient (Wildman–Crippen LogP) is 4.10. The summed E-state index contributed by atoms with van der Waals surface area (Å²) in [4.78, 5) is 50.0. The van der Waals surface area contributed by atoms with Crippen LogP contribution in [-0.4, -0.2) is 80.9 Å². The number of aromatic nitrogens is 6. The van der Waals surface area contributed by atoms with Gasteiger partial charge in [-0.25, -0.2) is 14.7 Å². The second-order valence-corrected chi connectivity index (χ2v) is 13.2. The topological polar surface area (TPSA) is 200 Å². The molecule has 1 fully saturated rings. The number of methoxy groups -OCH3 is 2. The number of amides is 3. The zero-order valence-electron chi connectivity index (χ0n) is 28.9. The van der Waals surface area contributed by atoms with Crippen LogP contribution in [0.4, 0.5) is 10.5 Å². The van der Waals surface area contributed by atoms with E-state index in [1.165, 1.54) is 19.1 Å². The fraction of sp³-hybridized carbons (Fsp3) is 0.429. The number of H-pyrrole nitrogens is 1. The molecule has 0 aliphatic heterocycles. The molecule has 2 aromatic carbocycles. The number of nitrogens with two attached hydrogens (primary N) is 1. The van der Waals surface area contributed by atoms with Gasteiger partial charge in [-0.15, -0.1) is 10.2 Å². The van der Waals surface area contributed by atoms with Crippen LogP contribution in [-0.2, 0) is 20.7 Å². The third kappa shape index (κ3) is 8.96. The van der Waals surface area contributed by atoms with Crippen LogP contribution in [0.1, 0.15) is 52.0 Å². The van der Waals surface area contributed by atoms with Gasteiger partial charge >= 0.3 is 12.1 Å². The van der Waals surface area contributed by atoms with Gasteiger partial charge in [-0.05, 0) is 99.4 Å². The van der Waals surface area contributed by atoms with E-state index in [-0.39, 0.29) is 30.2 Å². The fourth-order valence-electron chi connectivity index (χ4n) is 5.88. The van der Waals surface area contributed by atoms with Crippen LogP contribution in [0.2, 0.25) is 0 Å². The van der Waals surface area contributed by atoms with Crippen LogP contribution < -0.4 is 25.4 Å².